The zero-order valence-corrected chi connectivity index (χ0v) is 15.0. The fraction of sp³-hybridized carbons (Fsp3) is 0.389. The van der Waals surface area contributed by atoms with Crippen molar-refractivity contribution in [3.8, 4) is 0 Å². The predicted molar refractivity (Wildman–Crippen MR) is 98.7 cm³/mol. The van der Waals surface area contributed by atoms with E-state index in [2.05, 4.69) is 15.5 Å². The average molecular weight is 374 g/mol. The normalized spacial score (nSPS) is 15.9. The summed E-state index contributed by atoms with van der Waals surface area (Å²) in [6.45, 7) is 4.99. The number of nitro groups is 1. The van der Waals surface area contributed by atoms with E-state index in [4.69, 9.17) is 9.15 Å². The minimum absolute atomic E-state index is 0.0787. The molecule has 3 rings (SSSR count). The number of furan rings is 1. The summed E-state index contributed by atoms with van der Waals surface area (Å²) >= 11 is 0. The molecule has 0 radical (unpaired) electrons. The van der Waals surface area contributed by atoms with Crippen molar-refractivity contribution in [2.45, 2.75) is 13.0 Å². The molecule has 0 bridgehead atoms. The van der Waals surface area contributed by atoms with Crippen LogP contribution >= 0.6 is 0 Å². The maximum Gasteiger partial charge on any atom is 0.319 e. The summed E-state index contributed by atoms with van der Waals surface area (Å²) in [4.78, 5) is 24.8. The minimum Gasteiger partial charge on any atom is -0.465 e. The summed E-state index contributed by atoms with van der Waals surface area (Å²) in [7, 11) is 0. The number of nitro benzene ring substituents is 1. The Labute approximate surface area is 156 Å². The van der Waals surface area contributed by atoms with E-state index in [0.717, 1.165) is 24.6 Å². The van der Waals surface area contributed by atoms with Crippen LogP contribution in [0.15, 0.2) is 40.8 Å². The lowest BCUT2D eigenvalue weighted by molar-refractivity contribution is -0.384. The van der Waals surface area contributed by atoms with Crippen LogP contribution in [0.2, 0.25) is 0 Å². The van der Waals surface area contributed by atoms with Crippen LogP contribution in [-0.2, 0) is 4.74 Å². The number of rotatable bonds is 6. The van der Waals surface area contributed by atoms with Gasteiger partial charge in [0.1, 0.15) is 11.5 Å². The van der Waals surface area contributed by atoms with Crippen LogP contribution in [0.1, 0.15) is 17.6 Å². The number of non-ortho nitro benzene ring substituents is 1. The fourth-order valence-corrected chi connectivity index (χ4v) is 2.99. The number of hydrogen-bond donors (Lipinski definition) is 2. The number of benzene rings is 1. The third-order valence-corrected chi connectivity index (χ3v) is 4.35. The number of ether oxygens (including phenoxy) is 1. The molecule has 1 aliphatic rings. The topological polar surface area (TPSA) is 110 Å². The Morgan fingerprint density at radius 2 is 2.07 bits per heavy atom. The highest BCUT2D eigenvalue weighted by molar-refractivity contribution is 5.89. The van der Waals surface area contributed by atoms with E-state index in [1.54, 1.807) is 6.07 Å². The summed E-state index contributed by atoms with van der Waals surface area (Å²) < 4.78 is 11.2. The number of anilines is 1. The van der Waals surface area contributed by atoms with E-state index >= 15 is 0 Å². The highest BCUT2D eigenvalue weighted by Crippen LogP contribution is 2.23. The molecule has 1 unspecified atom stereocenters. The monoisotopic (exact) mass is 374 g/mol. The van der Waals surface area contributed by atoms with Crippen LogP contribution in [0.25, 0.3) is 0 Å². The van der Waals surface area contributed by atoms with Gasteiger partial charge in [0.25, 0.3) is 5.69 Å². The molecule has 2 amide bonds. The standard InChI is InChI=1S/C18H22N4O5/c1-13-5-6-17(27-13)16(21-7-9-26-10-8-21)12-19-18(23)20-14-3-2-4-15(11-14)22(24)25/h2-6,11,16H,7-10,12H2,1H3,(H2,19,20,23). The van der Waals surface area contributed by atoms with Gasteiger partial charge in [0, 0.05) is 37.5 Å². The van der Waals surface area contributed by atoms with Crippen molar-refractivity contribution >= 4 is 17.4 Å². The molecule has 0 spiro atoms. The number of carbonyl (C=O) groups is 1. The van der Waals surface area contributed by atoms with Gasteiger partial charge in [0.05, 0.1) is 24.2 Å². The SMILES string of the molecule is Cc1ccc(C(CNC(=O)Nc2cccc([N+](=O)[O-])c2)N2CCOCC2)o1. The van der Waals surface area contributed by atoms with E-state index < -0.39 is 11.0 Å². The molecular weight excluding hydrogens is 352 g/mol. The predicted octanol–water partition coefficient (Wildman–Crippen LogP) is 2.69. The van der Waals surface area contributed by atoms with Gasteiger partial charge in [-0.15, -0.1) is 0 Å². The van der Waals surface area contributed by atoms with Crippen molar-refractivity contribution < 1.29 is 18.9 Å². The highest BCUT2D eigenvalue weighted by Gasteiger charge is 2.25. The Bertz CT molecular complexity index is 801. The molecule has 2 N–H and O–H groups in total. The lowest BCUT2D eigenvalue weighted by Gasteiger charge is -2.33. The van der Waals surface area contributed by atoms with Crippen LogP contribution < -0.4 is 10.6 Å². The van der Waals surface area contributed by atoms with Crippen LogP contribution in [0, 0.1) is 17.0 Å². The maximum absolute atomic E-state index is 12.3. The van der Waals surface area contributed by atoms with Crippen LogP contribution in [0.3, 0.4) is 0 Å². The zero-order valence-electron chi connectivity index (χ0n) is 15.0. The molecule has 1 aromatic carbocycles. The summed E-state index contributed by atoms with van der Waals surface area (Å²) in [6, 6.07) is 9.07. The Kier molecular flexibility index (Phi) is 6.05. The minimum atomic E-state index is -0.503. The quantitative estimate of drug-likeness (QED) is 0.594. The van der Waals surface area contributed by atoms with Crippen LogP contribution in [0.4, 0.5) is 16.2 Å². The Morgan fingerprint density at radius 1 is 1.30 bits per heavy atom. The molecule has 144 valence electrons. The van der Waals surface area contributed by atoms with Gasteiger partial charge >= 0.3 is 6.03 Å². The number of carbonyl (C=O) groups excluding carboxylic acids is 1. The van der Waals surface area contributed by atoms with Gasteiger partial charge in [-0.05, 0) is 25.1 Å². The number of morpholine rings is 1. The molecule has 9 nitrogen and oxygen atoms in total. The van der Waals surface area contributed by atoms with Crippen molar-refractivity contribution in [2.75, 3.05) is 38.2 Å². The number of nitrogens with zero attached hydrogens (tertiary/aromatic N) is 2. The molecule has 2 heterocycles. The lowest BCUT2D eigenvalue weighted by atomic mass is 10.1. The van der Waals surface area contributed by atoms with E-state index in [9.17, 15) is 14.9 Å². The van der Waals surface area contributed by atoms with Gasteiger partial charge in [-0.25, -0.2) is 4.79 Å². The number of hydrogen-bond acceptors (Lipinski definition) is 6. The molecule has 1 aliphatic heterocycles. The molecule has 1 fully saturated rings. The van der Waals surface area contributed by atoms with Crippen molar-refractivity contribution in [2.24, 2.45) is 0 Å². The maximum atomic E-state index is 12.3. The van der Waals surface area contributed by atoms with Crippen molar-refractivity contribution in [1.29, 1.82) is 0 Å². The van der Waals surface area contributed by atoms with Crippen molar-refractivity contribution in [3.05, 3.63) is 58.0 Å². The Balaban J connectivity index is 1.63. The molecule has 1 atom stereocenters. The molecule has 2 aromatic rings. The molecular formula is C18H22N4O5. The highest BCUT2D eigenvalue weighted by atomic mass is 16.6. The first-order chi connectivity index (χ1) is 13.0. The van der Waals surface area contributed by atoms with E-state index in [1.807, 2.05) is 19.1 Å². The molecule has 9 heteroatoms. The molecule has 1 saturated heterocycles. The lowest BCUT2D eigenvalue weighted by Crippen LogP contribution is -2.44. The Hall–Kier alpha value is -2.91. The van der Waals surface area contributed by atoms with Gasteiger partial charge in [-0.2, -0.15) is 0 Å². The molecule has 0 saturated carbocycles. The average Bonchev–Trinajstić information content (AvgIpc) is 3.09. The first-order valence-corrected chi connectivity index (χ1v) is 8.70. The number of aryl methyl sites for hydroxylation is 1. The van der Waals surface area contributed by atoms with Crippen LogP contribution in [0.5, 0.6) is 0 Å². The van der Waals surface area contributed by atoms with Gasteiger partial charge < -0.3 is 19.8 Å². The summed E-state index contributed by atoms with van der Waals surface area (Å²) in [6.07, 6.45) is 0. The second kappa shape index (κ2) is 8.65. The largest absolute Gasteiger partial charge is 0.465 e. The summed E-state index contributed by atoms with van der Waals surface area (Å²) in [5.41, 5.74) is 0.281. The first kappa shape index (κ1) is 18.9. The van der Waals surface area contributed by atoms with Crippen molar-refractivity contribution in [1.82, 2.24) is 10.2 Å². The zero-order chi connectivity index (χ0) is 19.2. The van der Waals surface area contributed by atoms with Gasteiger partial charge in [0.2, 0.25) is 0 Å². The number of urea groups is 1. The van der Waals surface area contributed by atoms with E-state index in [1.165, 1.54) is 18.2 Å². The smallest absolute Gasteiger partial charge is 0.319 e. The fourth-order valence-electron chi connectivity index (χ4n) is 2.99. The molecule has 1 aromatic heterocycles. The van der Waals surface area contributed by atoms with Gasteiger partial charge in [0.15, 0.2) is 0 Å². The number of nitrogens with one attached hydrogen (secondary N) is 2. The van der Waals surface area contributed by atoms with E-state index in [0.29, 0.717) is 25.4 Å². The van der Waals surface area contributed by atoms with Crippen LogP contribution in [-0.4, -0.2) is 48.7 Å². The third-order valence-electron chi connectivity index (χ3n) is 4.35. The van der Waals surface area contributed by atoms with Gasteiger partial charge in [-0.3, -0.25) is 15.0 Å². The van der Waals surface area contributed by atoms with E-state index in [-0.39, 0.29) is 11.7 Å². The number of amides is 2. The third kappa shape index (κ3) is 5.05. The molecule has 27 heavy (non-hydrogen) atoms. The summed E-state index contributed by atoms with van der Waals surface area (Å²) in [5.74, 6) is 1.59. The molecule has 0 aliphatic carbocycles. The summed E-state index contributed by atoms with van der Waals surface area (Å²) in [5, 5.41) is 16.3. The second-order valence-corrected chi connectivity index (χ2v) is 6.26. The van der Waals surface area contributed by atoms with Gasteiger partial charge in [-0.1, -0.05) is 6.07 Å². The second-order valence-electron chi connectivity index (χ2n) is 6.26. The first-order valence-electron chi connectivity index (χ1n) is 8.70. The van der Waals surface area contributed by atoms with Crippen molar-refractivity contribution in [3.63, 3.8) is 0 Å². The Morgan fingerprint density at radius 3 is 2.74 bits per heavy atom.